The van der Waals surface area contributed by atoms with Crippen LogP contribution in [0.15, 0.2) is 58.6 Å². The van der Waals surface area contributed by atoms with Gasteiger partial charge in [0.05, 0.1) is 12.1 Å². The maximum absolute atomic E-state index is 12.3. The van der Waals surface area contributed by atoms with Crippen molar-refractivity contribution in [1.82, 2.24) is 5.16 Å². The van der Waals surface area contributed by atoms with Gasteiger partial charge in [-0.05, 0) is 42.8 Å². The standard InChI is InChI=1S/C23H20ClN3O5/c1-15-11-22(27-32-15)26-23(28)17(14-25)12-16-7-8-20(21(13-16)29-2)31-10-9-30-19-6-4-3-5-18(19)24/h3-8,11-13H,9-10H2,1-2H3,(H,26,27,28). The zero-order chi connectivity index (χ0) is 22.9. The van der Waals surface area contributed by atoms with Gasteiger partial charge in [0.15, 0.2) is 17.3 Å². The lowest BCUT2D eigenvalue weighted by atomic mass is 10.1. The number of rotatable bonds is 9. The molecular formula is C23H20ClN3O5. The highest BCUT2D eigenvalue weighted by Gasteiger charge is 2.13. The molecular weight excluding hydrogens is 434 g/mol. The van der Waals surface area contributed by atoms with E-state index in [4.69, 9.17) is 30.3 Å². The van der Waals surface area contributed by atoms with Gasteiger partial charge in [0.25, 0.3) is 5.91 Å². The van der Waals surface area contributed by atoms with Crippen molar-refractivity contribution >= 4 is 29.4 Å². The number of hydrogen-bond acceptors (Lipinski definition) is 7. The SMILES string of the molecule is COc1cc(C=C(C#N)C(=O)Nc2cc(C)on2)ccc1OCCOc1ccccc1Cl. The van der Waals surface area contributed by atoms with E-state index in [2.05, 4.69) is 10.5 Å². The molecule has 1 heterocycles. The lowest BCUT2D eigenvalue weighted by molar-refractivity contribution is -0.112. The molecule has 1 amide bonds. The maximum atomic E-state index is 12.3. The zero-order valence-corrected chi connectivity index (χ0v) is 18.2. The summed E-state index contributed by atoms with van der Waals surface area (Å²) in [6.45, 7) is 2.25. The number of carbonyl (C=O) groups is 1. The van der Waals surface area contributed by atoms with Gasteiger partial charge in [-0.25, -0.2) is 0 Å². The minimum Gasteiger partial charge on any atom is -0.493 e. The van der Waals surface area contributed by atoms with Crippen LogP contribution in [0.4, 0.5) is 5.82 Å². The van der Waals surface area contributed by atoms with Crippen LogP contribution in [-0.2, 0) is 4.79 Å². The van der Waals surface area contributed by atoms with Crippen LogP contribution in [0.1, 0.15) is 11.3 Å². The quantitative estimate of drug-likeness (QED) is 0.285. The van der Waals surface area contributed by atoms with Crippen LogP contribution in [0.2, 0.25) is 5.02 Å². The van der Waals surface area contributed by atoms with Crippen LogP contribution >= 0.6 is 11.6 Å². The lowest BCUT2D eigenvalue weighted by Gasteiger charge is -2.12. The van der Waals surface area contributed by atoms with E-state index in [1.807, 2.05) is 18.2 Å². The molecule has 0 atom stereocenters. The van der Waals surface area contributed by atoms with Gasteiger partial charge in [0.1, 0.15) is 36.4 Å². The number of aromatic nitrogens is 1. The molecule has 0 bridgehead atoms. The monoisotopic (exact) mass is 453 g/mol. The molecule has 0 aliphatic heterocycles. The van der Waals surface area contributed by atoms with Crippen molar-refractivity contribution in [3.05, 3.63) is 70.5 Å². The number of methoxy groups -OCH3 is 1. The van der Waals surface area contributed by atoms with Gasteiger partial charge >= 0.3 is 0 Å². The van der Waals surface area contributed by atoms with Crippen LogP contribution in [0, 0.1) is 18.3 Å². The van der Waals surface area contributed by atoms with Gasteiger partial charge in [0, 0.05) is 6.07 Å². The fourth-order valence-electron chi connectivity index (χ4n) is 2.68. The second-order valence-corrected chi connectivity index (χ2v) is 6.89. The summed E-state index contributed by atoms with van der Waals surface area (Å²) < 4.78 is 21.6. The smallest absolute Gasteiger partial charge is 0.267 e. The van der Waals surface area contributed by atoms with E-state index in [9.17, 15) is 10.1 Å². The molecule has 0 aliphatic carbocycles. The summed E-state index contributed by atoms with van der Waals surface area (Å²) in [7, 11) is 1.50. The number of hydrogen-bond donors (Lipinski definition) is 1. The Morgan fingerprint density at radius 1 is 1.16 bits per heavy atom. The second-order valence-electron chi connectivity index (χ2n) is 6.48. The number of nitriles is 1. The summed E-state index contributed by atoms with van der Waals surface area (Å²) >= 11 is 6.06. The molecule has 0 aliphatic rings. The number of aryl methyl sites for hydroxylation is 1. The van der Waals surface area contributed by atoms with Crippen molar-refractivity contribution in [3.8, 4) is 23.3 Å². The van der Waals surface area contributed by atoms with Crippen molar-refractivity contribution in [2.24, 2.45) is 0 Å². The first-order valence-corrected chi connectivity index (χ1v) is 9.92. The first kappa shape index (κ1) is 22.7. The number of halogens is 1. The van der Waals surface area contributed by atoms with Crippen molar-refractivity contribution < 1.29 is 23.5 Å². The van der Waals surface area contributed by atoms with E-state index >= 15 is 0 Å². The molecule has 32 heavy (non-hydrogen) atoms. The summed E-state index contributed by atoms with van der Waals surface area (Å²) in [4.78, 5) is 12.3. The average molecular weight is 454 g/mol. The Kier molecular flexibility index (Phi) is 7.73. The summed E-state index contributed by atoms with van der Waals surface area (Å²) in [5, 5.41) is 16.1. The third-order valence-corrected chi connectivity index (χ3v) is 4.48. The molecule has 164 valence electrons. The Bertz CT molecular complexity index is 1170. The maximum Gasteiger partial charge on any atom is 0.267 e. The molecule has 0 saturated carbocycles. The Labute approximate surface area is 189 Å². The molecule has 3 rings (SSSR count). The van der Waals surface area contributed by atoms with Gasteiger partial charge in [-0.1, -0.05) is 35.0 Å². The first-order chi connectivity index (χ1) is 15.5. The zero-order valence-electron chi connectivity index (χ0n) is 17.4. The molecule has 0 fully saturated rings. The number of nitrogens with one attached hydrogen (secondary N) is 1. The predicted molar refractivity (Wildman–Crippen MR) is 119 cm³/mol. The Morgan fingerprint density at radius 3 is 2.56 bits per heavy atom. The molecule has 3 aromatic rings. The van der Waals surface area contributed by atoms with Gasteiger partial charge < -0.3 is 24.1 Å². The Hall–Kier alpha value is -3.96. The Balaban J connectivity index is 1.63. The highest BCUT2D eigenvalue weighted by atomic mass is 35.5. The summed E-state index contributed by atoms with van der Waals surface area (Å²) in [6.07, 6.45) is 1.44. The first-order valence-electron chi connectivity index (χ1n) is 9.55. The second kappa shape index (κ2) is 10.9. The predicted octanol–water partition coefficient (Wildman–Crippen LogP) is 4.65. The number of amides is 1. The average Bonchev–Trinajstić information content (AvgIpc) is 3.20. The topological polar surface area (TPSA) is 107 Å². The van der Waals surface area contributed by atoms with E-state index in [1.165, 1.54) is 13.2 Å². The lowest BCUT2D eigenvalue weighted by Crippen LogP contribution is -2.13. The van der Waals surface area contributed by atoms with Crippen molar-refractivity contribution in [3.63, 3.8) is 0 Å². The van der Waals surface area contributed by atoms with E-state index in [0.29, 0.717) is 33.6 Å². The fourth-order valence-corrected chi connectivity index (χ4v) is 2.87. The Morgan fingerprint density at radius 2 is 1.91 bits per heavy atom. The van der Waals surface area contributed by atoms with E-state index in [1.54, 1.807) is 43.3 Å². The van der Waals surface area contributed by atoms with E-state index in [-0.39, 0.29) is 24.6 Å². The number of nitrogens with zero attached hydrogens (tertiary/aromatic N) is 2. The van der Waals surface area contributed by atoms with Gasteiger partial charge in [-0.15, -0.1) is 0 Å². The van der Waals surface area contributed by atoms with Crippen LogP contribution in [-0.4, -0.2) is 31.4 Å². The van der Waals surface area contributed by atoms with E-state index < -0.39 is 5.91 Å². The number of para-hydroxylation sites is 1. The molecule has 9 heteroatoms. The summed E-state index contributed by atoms with van der Waals surface area (Å²) in [5.41, 5.74) is 0.485. The number of carbonyl (C=O) groups excluding carboxylic acids is 1. The van der Waals surface area contributed by atoms with E-state index in [0.717, 1.165) is 0 Å². The van der Waals surface area contributed by atoms with Crippen LogP contribution < -0.4 is 19.5 Å². The van der Waals surface area contributed by atoms with Gasteiger partial charge in [0.2, 0.25) is 0 Å². The fraction of sp³-hybridized carbons (Fsp3) is 0.174. The largest absolute Gasteiger partial charge is 0.493 e. The molecule has 1 aromatic heterocycles. The molecule has 0 unspecified atom stereocenters. The third kappa shape index (κ3) is 6.03. The highest BCUT2D eigenvalue weighted by Crippen LogP contribution is 2.29. The molecule has 0 radical (unpaired) electrons. The van der Waals surface area contributed by atoms with Gasteiger partial charge in [-0.3, -0.25) is 4.79 Å². The van der Waals surface area contributed by atoms with Crippen LogP contribution in [0.5, 0.6) is 17.2 Å². The van der Waals surface area contributed by atoms with Gasteiger partial charge in [-0.2, -0.15) is 5.26 Å². The number of anilines is 1. The highest BCUT2D eigenvalue weighted by molar-refractivity contribution is 6.32. The molecule has 0 saturated heterocycles. The molecule has 0 spiro atoms. The van der Waals surface area contributed by atoms with Crippen molar-refractivity contribution in [2.75, 3.05) is 25.6 Å². The number of ether oxygens (including phenoxy) is 3. The minimum absolute atomic E-state index is 0.102. The van der Waals surface area contributed by atoms with Crippen molar-refractivity contribution in [1.29, 1.82) is 5.26 Å². The third-order valence-electron chi connectivity index (χ3n) is 4.17. The molecule has 2 aromatic carbocycles. The normalized spacial score (nSPS) is 10.9. The summed E-state index contributed by atoms with van der Waals surface area (Å²) in [5.74, 6) is 1.69. The summed E-state index contributed by atoms with van der Waals surface area (Å²) in [6, 6.07) is 15.7. The number of benzene rings is 2. The molecule has 1 N–H and O–H groups in total. The molecule has 8 nitrogen and oxygen atoms in total. The minimum atomic E-state index is -0.600. The van der Waals surface area contributed by atoms with Crippen LogP contribution in [0.25, 0.3) is 6.08 Å². The van der Waals surface area contributed by atoms with Crippen LogP contribution in [0.3, 0.4) is 0 Å². The van der Waals surface area contributed by atoms with Crippen molar-refractivity contribution in [2.45, 2.75) is 6.92 Å².